The van der Waals surface area contributed by atoms with E-state index < -0.39 is 0 Å². The fraction of sp³-hybridized carbons (Fsp3) is 0.185. The maximum Gasteiger partial charge on any atom is 0.227 e. The molecule has 2 N–H and O–H groups in total. The first-order valence-electron chi connectivity index (χ1n) is 10.8. The van der Waals surface area contributed by atoms with E-state index in [2.05, 4.69) is 15.3 Å². The molecule has 1 amide bonds. The maximum atomic E-state index is 12.7. The fourth-order valence-corrected chi connectivity index (χ4v) is 3.76. The van der Waals surface area contributed by atoms with Gasteiger partial charge in [0.15, 0.2) is 0 Å². The molecule has 0 aliphatic carbocycles. The maximum absolute atomic E-state index is 12.7. The van der Waals surface area contributed by atoms with Crippen molar-refractivity contribution in [2.24, 2.45) is 0 Å². The van der Waals surface area contributed by atoms with Crippen LogP contribution in [0.2, 0.25) is 0 Å². The van der Waals surface area contributed by atoms with Crippen LogP contribution in [-0.2, 0) is 11.3 Å². The third-order valence-corrected chi connectivity index (χ3v) is 5.58. The number of imidazole rings is 1. The minimum Gasteiger partial charge on any atom is -0.497 e. The zero-order chi connectivity index (χ0) is 22.3. The zero-order valence-corrected chi connectivity index (χ0v) is 18.3. The van der Waals surface area contributed by atoms with Crippen LogP contribution in [0.5, 0.6) is 5.75 Å². The molecular formula is C27H27N3O2. The highest BCUT2D eigenvalue weighted by Crippen LogP contribution is 2.25. The Morgan fingerprint density at radius 2 is 1.78 bits per heavy atom. The molecular weight excluding hydrogens is 398 g/mol. The normalized spacial score (nSPS) is 11.7. The van der Waals surface area contributed by atoms with E-state index in [-0.39, 0.29) is 11.8 Å². The van der Waals surface area contributed by atoms with Gasteiger partial charge in [-0.25, -0.2) is 4.98 Å². The van der Waals surface area contributed by atoms with Crippen molar-refractivity contribution < 1.29 is 9.53 Å². The fourth-order valence-electron chi connectivity index (χ4n) is 3.76. The second kappa shape index (κ2) is 9.96. The first-order chi connectivity index (χ1) is 15.7. The number of hydrogen-bond donors (Lipinski definition) is 2. The second-order valence-electron chi connectivity index (χ2n) is 7.66. The first kappa shape index (κ1) is 21.4. The van der Waals surface area contributed by atoms with Gasteiger partial charge >= 0.3 is 0 Å². The van der Waals surface area contributed by atoms with Gasteiger partial charge in [-0.2, -0.15) is 0 Å². The number of amides is 1. The molecule has 0 bridgehead atoms. The summed E-state index contributed by atoms with van der Waals surface area (Å²) in [5.41, 5.74) is 5.04. The van der Waals surface area contributed by atoms with Gasteiger partial charge in [-0.05, 0) is 29.7 Å². The molecule has 0 aliphatic heterocycles. The van der Waals surface area contributed by atoms with Crippen LogP contribution in [0.15, 0.2) is 85.1 Å². The Kier molecular flexibility index (Phi) is 6.66. The monoisotopic (exact) mass is 425 g/mol. The molecule has 32 heavy (non-hydrogen) atoms. The standard InChI is InChI=1S/C27H27N3O2/c1-3-24(20-8-5-4-6-9-20)27(31)29-17-19-12-14-21(15-13-19)26-28-18-25(30-26)22-10-7-11-23(16-22)32-2/h4-16,18,24H,3,17H2,1-2H3,(H,28,30)(H,29,31)/t24-/m1/s1. The molecule has 1 heterocycles. The van der Waals surface area contributed by atoms with E-state index in [1.165, 1.54) is 0 Å². The average molecular weight is 426 g/mol. The zero-order valence-electron chi connectivity index (χ0n) is 18.3. The number of carbonyl (C=O) groups excluding carboxylic acids is 1. The van der Waals surface area contributed by atoms with E-state index in [1.807, 2.05) is 92.0 Å². The van der Waals surface area contributed by atoms with Crippen LogP contribution in [0.25, 0.3) is 22.6 Å². The molecule has 5 nitrogen and oxygen atoms in total. The highest BCUT2D eigenvalue weighted by atomic mass is 16.5. The molecule has 0 saturated heterocycles. The van der Waals surface area contributed by atoms with Crippen LogP contribution in [0, 0.1) is 0 Å². The van der Waals surface area contributed by atoms with Gasteiger partial charge in [-0.15, -0.1) is 0 Å². The van der Waals surface area contributed by atoms with Gasteiger partial charge < -0.3 is 15.0 Å². The summed E-state index contributed by atoms with van der Waals surface area (Å²) in [4.78, 5) is 20.6. The van der Waals surface area contributed by atoms with Crippen molar-refractivity contribution in [3.8, 4) is 28.4 Å². The van der Waals surface area contributed by atoms with E-state index in [4.69, 9.17) is 4.74 Å². The third-order valence-electron chi connectivity index (χ3n) is 5.58. The minimum absolute atomic E-state index is 0.0525. The van der Waals surface area contributed by atoms with Gasteiger partial charge in [0.25, 0.3) is 0 Å². The number of benzene rings is 3. The number of aromatic nitrogens is 2. The summed E-state index contributed by atoms with van der Waals surface area (Å²) < 4.78 is 5.30. The smallest absolute Gasteiger partial charge is 0.227 e. The minimum atomic E-state index is -0.131. The molecule has 0 radical (unpaired) electrons. The van der Waals surface area contributed by atoms with Crippen LogP contribution in [0.3, 0.4) is 0 Å². The Balaban J connectivity index is 1.40. The largest absolute Gasteiger partial charge is 0.497 e. The van der Waals surface area contributed by atoms with Crippen molar-refractivity contribution >= 4 is 5.91 Å². The Hall–Kier alpha value is -3.86. The number of aromatic amines is 1. The average Bonchev–Trinajstić information content (AvgIpc) is 3.35. The molecule has 0 unspecified atom stereocenters. The van der Waals surface area contributed by atoms with E-state index in [1.54, 1.807) is 7.11 Å². The number of nitrogens with one attached hydrogen (secondary N) is 2. The molecule has 4 rings (SSSR count). The van der Waals surface area contributed by atoms with E-state index in [9.17, 15) is 4.79 Å². The number of rotatable bonds is 8. The molecule has 5 heteroatoms. The van der Waals surface area contributed by atoms with E-state index in [0.717, 1.165) is 45.9 Å². The quantitative estimate of drug-likeness (QED) is 0.388. The highest BCUT2D eigenvalue weighted by Gasteiger charge is 2.18. The van der Waals surface area contributed by atoms with Crippen LogP contribution < -0.4 is 10.1 Å². The number of nitrogens with zero attached hydrogens (tertiary/aromatic N) is 1. The molecule has 0 aliphatic rings. The molecule has 1 aromatic heterocycles. The van der Waals surface area contributed by atoms with Crippen LogP contribution in [0.4, 0.5) is 0 Å². The lowest BCUT2D eigenvalue weighted by Gasteiger charge is -2.15. The van der Waals surface area contributed by atoms with Crippen molar-refractivity contribution in [2.45, 2.75) is 25.8 Å². The van der Waals surface area contributed by atoms with E-state index >= 15 is 0 Å². The SMILES string of the molecule is CC[C@@H](C(=O)NCc1ccc(-c2ncc(-c3cccc(OC)c3)[nH]2)cc1)c1ccccc1. The number of hydrogen-bond acceptors (Lipinski definition) is 3. The summed E-state index contributed by atoms with van der Waals surface area (Å²) in [6, 6.07) is 25.9. The molecule has 0 spiro atoms. The van der Waals surface area contributed by atoms with Gasteiger partial charge in [0.05, 0.1) is 24.9 Å². The van der Waals surface area contributed by atoms with Crippen molar-refractivity contribution in [1.29, 1.82) is 0 Å². The molecule has 1 atom stereocenters. The predicted molar refractivity (Wildman–Crippen MR) is 127 cm³/mol. The summed E-state index contributed by atoms with van der Waals surface area (Å²) >= 11 is 0. The molecule has 0 saturated carbocycles. The van der Waals surface area contributed by atoms with Crippen molar-refractivity contribution in [1.82, 2.24) is 15.3 Å². The lowest BCUT2D eigenvalue weighted by molar-refractivity contribution is -0.122. The second-order valence-corrected chi connectivity index (χ2v) is 7.66. The van der Waals surface area contributed by atoms with Gasteiger partial charge in [0.1, 0.15) is 11.6 Å². The number of methoxy groups -OCH3 is 1. The summed E-state index contributed by atoms with van der Waals surface area (Å²) in [6.07, 6.45) is 2.59. The predicted octanol–water partition coefficient (Wildman–Crippen LogP) is 5.56. The lowest BCUT2D eigenvalue weighted by Crippen LogP contribution is -2.28. The van der Waals surface area contributed by atoms with Gasteiger partial charge in [0, 0.05) is 17.7 Å². The third kappa shape index (κ3) is 4.89. The lowest BCUT2D eigenvalue weighted by atomic mass is 9.95. The Morgan fingerprint density at radius 3 is 2.50 bits per heavy atom. The van der Waals surface area contributed by atoms with Gasteiger partial charge in [0.2, 0.25) is 5.91 Å². The molecule has 4 aromatic rings. The molecule has 3 aromatic carbocycles. The van der Waals surface area contributed by atoms with Crippen LogP contribution in [0.1, 0.15) is 30.4 Å². The Bertz CT molecular complexity index is 1170. The van der Waals surface area contributed by atoms with E-state index in [0.29, 0.717) is 6.54 Å². The van der Waals surface area contributed by atoms with Crippen LogP contribution >= 0.6 is 0 Å². The summed E-state index contributed by atoms with van der Waals surface area (Å²) in [5.74, 6) is 1.53. The van der Waals surface area contributed by atoms with Crippen molar-refractivity contribution in [3.63, 3.8) is 0 Å². The van der Waals surface area contributed by atoms with Crippen molar-refractivity contribution in [3.05, 3.63) is 96.2 Å². The number of carbonyl (C=O) groups is 1. The summed E-state index contributed by atoms with van der Waals surface area (Å²) in [5, 5.41) is 3.07. The van der Waals surface area contributed by atoms with Gasteiger partial charge in [-0.3, -0.25) is 4.79 Å². The Labute approximate surface area is 188 Å². The topological polar surface area (TPSA) is 67.0 Å². The van der Waals surface area contributed by atoms with Crippen LogP contribution in [-0.4, -0.2) is 23.0 Å². The summed E-state index contributed by atoms with van der Waals surface area (Å²) in [7, 11) is 1.66. The number of ether oxygens (including phenoxy) is 1. The first-order valence-corrected chi connectivity index (χ1v) is 10.8. The number of H-pyrrole nitrogens is 1. The van der Waals surface area contributed by atoms with Gasteiger partial charge in [-0.1, -0.05) is 73.7 Å². The van der Waals surface area contributed by atoms with Crippen molar-refractivity contribution in [2.75, 3.05) is 7.11 Å². The Morgan fingerprint density at radius 1 is 1.00 bits per heavy atom. The molecule has 162 valence electrons. The highest BCUT2D eigenvalue weighted by molar-refractivity contribution is 5.83. The summed E-state index contributed by atoms with van der Waals surface area (Å²) in [6.45, 7) is 2.53. The molecule has 0 fully saturated rings.